The molecule has 0 aliphatic carbocycles. The number of rotatable bonds is 0. The maximum atomic E-state index is 11.4. The molecule has 0 saturated heterocycles. The minimum atomic E-state index is -1.05. The zero-order chi connectivity index (χ0) is 8.84. The summed E-state index contributed by atoms with van der Waals surface area (Å²) in [6.07, 6.45) is 3.63. The van der Waals surface area contributed by atoms with Crippen LogP contribution in [0.4, 0.5) is 5.69 Å². The molecule has 1 aromatic rings. The summed E-state index contributed by atoms with van der Waals surface area (Å²) in [5, 5.41) is 2.33. The van der Waals surface area contributed by atoms with Crippen LogP contribution in [0.1, 0.15) is 11.1 Å². The first-order chi connectivity index (χ1) is 6.36. The highest BCUT2D eigenvalue weighted by Gasteiger charge is 2.22. The topological polar surface area (TPSA) is 54.0 Å². The molecule has 0 radical (unpaired) electrons. The monoisotopic (exact) mass is 193 g/mol. The van der Waals surface area contributed by atoms with Gasteiger partial charge in [-0.25, -0.2) is 14.6 Å². The summed E-state index contributed by atoms with van der Waals surface area (Å²) < 4.78 is 11.4. The number of anilines is 1. The van der Waals surface area contributed by atoms with E-state index in [2.05, 4.69) is 15.8 Å². The van der Waals surface area contributed by atoms with Crippen molar-refractivity contribution in [2.24, 2.45) is 0 Å². The summed E-state index contributed by atoms with van der Waals surface area (Å²) in [7, 11) is -1.05. The van der Waals surface area contributed by atoms with Crippen molar-refractivity contribution < 1.29 is 4.21 Å². The minimum absolute atomic E-state index is 0.662. The fourth-order valence-corrected chi connectivity index (χ4v) is 2.50. The minimum Gasteiger partial charge on any atom is -0.320 e. The van der Waals surface area contributed by atoms with Gasteiger partial charge >= 0.3 is 0 Å². The average Bonchev–Trinajstić information content (AvgIpc) is 2.70. The van der Waals surface area contributed by atoms with E-state index in [9.17, 15) is 4.21 Å². The molecule has 2 aliphatic heterocycles. The third-order valence-electron chi connectivity index (χ3n) is 2.20. The predicted octanol–water partition coefficient (Wildman–Crippen LogP) is 0.604. The predicted molar refractivity (Wildman–Crippen MR) is 50.1 cm³/mol. The Morgan fingerprint density at radius 3 is 3.38 bits per heavy atom. The lowest BCUT2D eigenvalue weighted by Gasteiger charge is -2.03. The summed E-state index contributed by atoms with van der Waals surface area (Å²) >= 11 is 0. The zero-order valence-corrected chi connectivity index (χ0v) is 7.52. The highest BCUT2D eigenvalue weighted by atomic mass is 32.2. The van der Waals surface area contributed by atoms with E-state index in [4.69, 9.17) is 0 Å². The van der Waals surface area contributed by atoms with Crippen LogP contribution in [0.3, 0.4) is 0 Å². The van der Waals surface area contributed by atoms with E-state index in [0.29, 0.717) is 5.03 Å². The molecule has 0 bridgehead atoms. The van der Waals surface area contributed by atoms with Crippen LogP contribution in [0.2, 0.25) is 0 Å². The molecular weight excluding hydrogens is 186 g/mol. The van der Waals surface area contributed by atoms with Gasteiger partial charge in [-0.05, 0) is 6.08 Å². The molecule has 0 aromatic carbocycles. The van der Waals surface area contributed by atoms with Gasteiger partial charge in [-0.15, -0.1) is 0 Å². The number of fused-ring (bicyclic) bond motifs is 3. The van der Waals surface area contributed by atoms with Gasteiger partial charge < -0.3 is 5.43 Å². The number of hydrazine groups is 1. The van der Waals surface area contributed by atoms with Gasteiger partial charge in [-0.1, -0.05) is 0 Å². The molecule has 0 amide bonds. The molecule has 13 heavy (non-hydrogen) atoms. The maximum Gasteiger partial charge on any atom is 0.140 e. The Bertz CT molecular complexity index is 441. The van der Waals surface area contributed by atoms with Crippen molar-refractivity contribution in [1.29, 1.82) is 0 Å². The van der Waals surface area contributed by atoms with Gasteiger partial charge in [-0.2, -0.15) is 0 Å². The molecule has 0 fully saturated rings. The lowest BCUT2D eigenvalue weighted by Crippen LogP contribution is -2.11. The van der Waals surface area contributed by atoms with E-state index >= 15 is 0 Å². The Hall–Kier alpha value is -1.20. The highest BCUT2D eigenvalue weighted by Crippen LogP contribution is 2.32. The number of hydrogen-bond acceptors (Lipinski definition) is 4. The van der Waals surface area contributed by atoms with E-state index in [-0.39, 0.29) is 0 Å². The molecule has 2 N–H and O–H groups in total. The van der Waals surface area contributed by atoms with Crippen LogP contribution in [0.5, 0.6) is 0 Å². The van der Waals surface area contributed by atoms with E-state index in [0.717, 1.165) is 23.4 Å². The first kappa shape index (κ1) is 7.23. The van der Waals surface area contributed by atoms with E-state index in [1.807, 2.05) is 6.08 Å². The fourth-order valence-electron chi connectivity index (χ4n) is 1.57. The quantitative estimate of drug-likeness (QED) is 0.633. The maximum absolute atomic E-state index is 11.4. The molecular formula is C8H7N3OS. The Morgan fingerprint density at radius 2 is 2.46 bits per heavy atom. The Balaban J connectivity index is 2.32. The smallest absolute Gasteiger partial charge is 0.140 e. The van der Waals surface area contributed by atoms with Gasteiger partial charge in [-0.3, -0.25) is 0 Å². The number of pyridine rings is 1. The van der Waals surface area contributed by atoms with Crippen LogP contribution >= 0.6 is 0 Å². The number of aromatic nitrogens is 1. The lowest BCUT2D eigenvalue weighted by atomic mass is 10.1. The molecule has 0 spiro atoms. The SMILES string of the molecule is O=S1C=Cc2c1ncc1c2NNC1. The molecule has 66 valence electrons. The van der Waals surface area contributed by atoms with Crippen molar-refractivity contribution >= 4 is 22.6 Å². The molecule has 3 rings (SSSR count). The van der Waals surface area contributed by atoms with Crippen molar-refractivity contribution in [2.75, 3.05) is 5.43 Å². The van der Waals surface area contributed by atoms with Gasteiger partial charge in [0.15, 0.2) is 0 Å². The van der Waals surface area contributed by atoms with Crippen LogP contribution < -0.4 is 10.9 Å². The van der Waals surface area contributed by atoms with Crippen LogP contribution in [0.15, 0.2) is 16.6 Å². The van der Waals surface area contributed by atoms with Crippen molar-refractivity contribution in [3.63, 3.8) is 0 Å². The lowest BCUT2D eigenvalue weighted by molar-refractivity contribution is 0.686. The molecule has 0 saturated carbocycles. The third kappa shape index (κ3) is 0.882. The molecule has 1 unspecified atom stereocenters. The number of hydrogen-bond donors (Lipinski definition) is 2. The van der Waals surface area contributed by atoms with Crippen molar-refractivity contribution in [1.82, 2.24) is 10.4 Å². The van der Waals surface area contributed by atoms with Crippen LogP contribution in [0, 0.1) is 0 Å². The highest BCUT2D eigenvalue weighted by molar-refractivity contribution is 7.88. The second-order valence-electron chi connectivity index (χ2n) is 2.96. The van der Waals surface area contributed by atoms with Crippen LogP contribution in [-0.4, -0.2) is 9.19 Å². The molecule has 2 aliphatic rings. The summed E-state index contributed by atoms with van der Waals surface area (Å²) in [5.41, 5.74) is 9.16. The molecule has 5 heteroatoms. The summed E-state index contributed by atoms with van der Waals surface area (Å²) in [5.74, 6) is 0. The molecule has 4 nitrogen and oxygen atoms in total. The first-order valence-corrected chi connectivity index (χ1v) is 5.17. The molecule has 1 aromatic heterocycles. The zero-order valence-electron chi connectivity index (χ0n) is 6.70. The normalized spacial score (nSPS) is 22.6. The molecule has 1 atom stereocenters. The summed E-state index contributed by atoms with van der Waals surface area (Å²) in [6, 6.07) is 0. The van der Waals surface area contributed by atoms with E-state index < -0.39 is 10.8 Å². The van der Waals surface area contributed by atoms with Gasteiger partial charge in [0.05, 0.1) is 16.5 Å². The second kappa shape index (κ2) is 2.40. The first-order valence-electron chi connectivity index (χ1n) is 3.96. The number of nitrogens with one attached hydrogen (secondary N) is 2. The second-order valence-corrected chi connectivity index (χ2v) is 4.21. The Labute approximate surface area is 77.5 Å². The van der Waals surface area contributed by atoms with Gasteiger partial charge in [0.1, 0.15) is 5.03 Å². The third-order valence-corrected chi connectivity index (χ3v) is 3.29. The largest absolute Gasteiger partial charge is 0.320 e. The number of nitrogens with zero attached hydrogens (tertiary/aromatic N) is 1. The average molecular weight is 193 g/mol. The van der Waals surface area contributed by atoms with Gasteiger partial charge in [0.25, 0.3) is 0 Å². The Kier molecular flexibility index (Phi) is 1.33. The fraction of sp³-hybridized carbons (Fsp3) is 0.125. The molecule has 3 heterocycles. The standard InChI is InChI=1S/C8H7N3OS/c12-13-2-1-6-7-5(4-10-11-7)3-9-8(6)13/h1-3,10-11H,4H2. The van der Waals surface area contributed by atoms with Crippen LogP contribution in [-0.2, 0) is 17.3 Å². The Morgan fingerprint density at radius 1 is 1.54 bits per heavy atom. The van der Waals surface area contributed by atoms with Gasteiger partial charge in [0, 0.05) is 29.3 Å². The summed E-state index contributed by atoms with van der Waals surface area (Å²) in [6.45, 7) is 0.774. The van der Waals surface area contributed by atoms with Crippen molar-refractivity contribution in [3.8, 4) is 0 Å². The summed E-state index contributed by atoms with van der Waals surface area (Å²) in [4.78, 5) is 4.17. The van der Waals surface area contributed by atoms with Crippen LogP contribution in [0.25, 0.3) is 6.08 Å². The van der Waals surface area contributed by atoms with E-state index in [1.165, 1.54) is 0 Å². The van der Waals surface area contributed by atoms with E-state index in [1.54, 1.807) is 11.6 Å². The van der Waals surface area contributed by atoms with Gasteiger partial charge in [0.2, 0.25) is 0 Å². The van der Waals surface area contributed by atoms with Crippen molar-refractivity contribution in [2.45, 2.75) is 11.6 Å². The van der Waals surface area contributed by atoms with Crippen molar-refractivity contribution in [3.05, 3.63) is 22.7 Å².